The Morgan fingerprint density at radius 2 is 1.70 bits per heavy atom. The molecular weight excluding hydrogens is 334 g/mol. The van der Waals surface area contributed by atoms with Gasteiger partial charge in [-0.25, -0.2) is 4.68 Å². The molecule has 4 heteroatoms. The van der Waals surface area contributed by atoms with Gasteiger partial charge in [0.2, 0.25) is 5.91 Å². The first-order valence-electron chi connectivity index (χ1n) is 9.21. The summed E-state index contributed by atoms with van der Waals surface area (Å²) in [5, 5.41) is 4.81. The lowest BCUT2D eigenvalue weighted by Gasteiger charge is -2.17. The molecule has 3 aromatic rings. The van der Waals surface area contributed by atoms with E-state index in [0.29, 0.717) is 6.54 Å². The van der Waals surface area contributed by atoms with Gasteiger partial charge in [-0.3, -0.25) is 4.79 Å². The minimum atomic E-state index is 0.0447. The summed E-state index contributed by atoms with van der Waals surface area (Å²) in [6, 6.07) is 20.1. The molecule has 0 atom stereocenters. The molecule has 0 spiro atoms. The van der Waals surface area contributed by atoms with Crippen molar-refractivity contribution in [2.24, 2.45) is 0 Å². The molecule has 138 valence electrons. The van der Waals surface area contributed by atoms with Gasteiger partial charge in [0, 0.05) is 36.5 Å². The molecule has 0 aliphatic rings. The van der Waals surface area contributed by atoms with E-state index >= 15 is 0 Å². The first-order valence-corrected chi connectivity index (χ1v) is 9.21. The Hall–Kier alpha value is -3.14. The van der Waals surface area contributed by atoms with Crippen LogP contribution in [-0.4, -0.2) is 27.6 Å². The van der Waals surface area contributed by atoms with Crippen LogP contribution in [0.5, 0.6) is 0 Å². The van der Waals surface area contributed by atoms with Crippen molar-refractivity contribution in [3.05, 3.63) is 84.1 Å². The first-order chi connectivity index (χ1) is 13.1. The summed E-state index contributed by atoms with van der Waals surface area (Å²) in [4.78, 5) is 14.3. The SMILES string of the molecule is CCC=C(C)C(=O)N(C)Cc1cn(-c2ccccc2)nc1-c1ccccc1. The second-order valence-corrected chi connectivity index (χ2v) is 6.61. The van der Waals surface area contributed by atoms with E-state index in [-0.39, 0.29) is 5.91 Å². The van der Waals surface area contributed by atoms with E-state index in [1.54, 1.807) is 4.90 Å². The van der Waals surface area contributed by atoms with Crippen molar-refractivity contribution in [1.82, 2.24) is 14.7 Å². The van der Waals surface area contributed by atoms with Gasteiger partial charge in [0.1, 0.15) is 0 Å². The van der Waals surface area contributed by atoms with Crippen LogP contribution >= 0.6 is 0 Å². The van der Waals surface area contributed by atoms with E-state index in [2.05, 4.69) is 0 Å². The number of hydrogen-bond donors (Lipinski definition) is 0. The van der Waals surface area contributed by atoms with Gasteiger partial charge >= 0.3 is 0 Å². The third-order valence-corrected chi connectivity index (χ3v) is 4.46. The lowest BCUT2D eigenvalue weighted by molar-refractivity contribution is -0.126. The highest BCUT2D eigenvalue weighted by Gasteiger charge is 2.17. The summed E-state index contributed by atoms with van der Waals surface area (Å²) < 4.78 is 1.88. The third kappa shape index (κ3) is 4.34. The fourth-order valence-electron chi connectivity index (χ4n) is 3.10. The zero-order chi connectivity index (χ0) is 19.2. The zero-order valence-electron chi connectivity index (χ0n) is 16.1. The number of hydrogen-bond acceptors (Lipinski definition) is 2. The molecule has 0 fully saturated rings. The van der Waals surface area contributed by atoms with Crippen LogP contribution in [0.1, 0.15) is 25.8 Å². The number of allylic oxidation sites excluding steroid dienone is 1. The predicted octanol–water partition coefficient (Wildman–Crippen LogP) is 4.85. The van der Waals surface area contributed by atoms with Gasteiger partial charge in [0.25, 0.3) is 0 Å². The monoisotopic (exact) mass is 359 g/mol. The highest BCUT2D eigenvalue weighted by Crippen LogP contribution is 2.25. The second kappa shape index (κ2) is 8.49. The minimum absolute atomic E-state index is 0.0447. The Morgan fingerprint density at radius 3 is 2.33 bits per heavy atom. The van der Waals surface area contributed by atoms with Crippen LogP contribution in [0.4, 0.5) is 0 Å². The van der Waals surface area contributed by atoms with E-state index in [4.69, 9.17) is 5.10 Å². The molecule has 0 unspecified atom stereocenters. The first kappa shape index (κ1) is 18.6. The predicted molar refractivity (Wildman–Crippen MR) is 110 cm³/mol. The number of nitrogens with zero attached hydrogens (tertiary/aromatic N) is 3. The van der Waals surface area contributed by atoms with Crippen LogP contribution in [0.25, 0.3) is 16.9 Å². The van der Waals surface area contributed by atoms with E-state index in [0.717, 1.165) is 34.5 Å². The van der Waals surface area contributed by atoms with Crippen molar-refractivity contribution in [2.45, 2.75) is 26.8 Å². The molecule has 3 rings (SSSR count). The average molecular weight is 359 g/mol. The molecule has 1 amide bonds. The number of aromatic nitrogens is 2. The van der Waals surface area contributed by atoms with Crippen molar-refractivity contribution in [3.8, 4) is 16.9 Å². The number of benzene rings is 2. The number of para-hydroxylation sites is 1. The molecule has 4 nitrogen and oxygen atoms in total. The van der Waals surface area contributed by atoms with Crippen LogP contribution in [0.2, 0.25) is 0 Å². The maximum Gasteiger partial charge on any atom is 0.249 e. The molecule has 1 aromatic heterocycles. The van der Waals surface area contributed by atoms with Gasteiger partial charge in [0.15, 0.2) is 0 Å². The summed E-state index contributed by atoms with van der Waals surface area (Å²) in [5.74, 6) is 0.0447. The Kier molecular flexibility index (Phi) is 5.87. The number of carbonyl (C=O) groups is 1. The zero-order valence-corrected chi connectivity index (χ0v) is 16.1. The topological polar surface area (TPSA) is 38.1 Å². The molecule has 0 aliphatic carbocycles. The van der Waals surface area contributed by atoms with Crippen molar-refractivity contribution < 1.29 is 4.79 Å². The van der Waals surface area contributed by atoms with Crippen molar-refractivity contribution in [3.63, 3.8) is 0 Å². The molecule has 0 saturated heterocycles. The summed E-state index contributed by atoms with van der Waals surface area (Å²) in [6.45, 7) is 4.41. The van der Waals surface area contributed by atoms with E-state index in [1.165, 1.54) is 0 Å². The molecule has 1 heterocycles. The average Bonchev–Trinajstić information content (AvgIpc) is 3.12. The maximum absolute atomic E-state index is 12.6. The second-order valence-electron chi connectivity index (χ2n) is 6.61. The summed E-state index contributed by atoms with van der Waals surface area (Å²) in [5.41, 5.74) is 4.74. The van der Waals surface area contributed by atoms with Gasteiger partial charge in [-0.2, -0.15) is 5.10 Å². The standard InChI is InChI=1S/C23H25N3O/c1-4-11-18(2)23(27)25(3)16-20-17-26(21-14-9-6-10-15-21)24-22(20)19-12-7-5-8-13-19/h5-15,17H,4,16H2,1-3H3. The highest BCUT2D eigenvalue weighted by molar-refractivity contribution is 5.92. The Balaban J connectivity index is 1.97. The fraction of sp³-hybridized carbons (Fsp3) is 0.217. The molecule has 0 aliphatic heterocycles. The largest absolute Gasteiger partial charge is 0.338 e. The van der Waals surface area contributed by atoms with Crippen molar-refractivity contribution in [1.29, 1.82) is 0 Å². The fourth-order valence-corrected chi connectivity index (χ4v) is 3.10. The smallest absolute Gasteiger partial charge is 0.249 e. The molecule has 0 N–H and O–H groups in total. The number of carbonyl (C=O) groups excluding carboxylic acids is 1. The number of rotatable bonds is 6. The highest BCUT2D eigenvalue weighted by atomic mass is 16.2. The van der Waals surface area contributed by atoms with E-state index in [1.807, 2.05) is 98.5 Å². The van der Waals surface area contributed by atoms with E-state index in [9.17, 15) is 4.79 Å². The molecule has 0 bridgehead atoms. The van der Waals surface area contributed by atoms with Gasteiger partial charge in [-0.1, -0.05) is 61.5 Å². The van der Waals surface area contributed by atoms with Gasteiger partial charge < -0.3 is 4.90 Å². The van der Waals surface area contributed by atoms with Crippen LogP contribution in [0, 0.1) is 0 Å². The quantitative estimate of drug-likeness (QED) is 0.590. The summed E-state index contributed by atoms with van der Waals surface area (Å²) >= 11 is 0. The molecule has 0 saturated carbocycles. The van der Waals surface area contributed by atoms with Gasteiger partial charge in [-0.15, -0.1) is 0 Å². The van der Waals surface area contributed by atoms with Gasteiger partial charge in [0.05, 0.1) is 11.4 Å². The van der Waals surface area contributed by atoms with Crippen molar-refractivity contribution in [2.75, 3.05) is 7.05 Å². The number of likely N-dealkylation sites (N-methyl/N-ethyl adjacent to an activating group) is 1. The van der Waals surface area contributed by atoms with Gasteiger partial charge in [-0.05, 0) is 25.5 Å². The Bertz CT molecular complexity index is 927. The Labute approximate surface area is 160 Å². The molecule has 0 radical (unpaired) electrons. The maximum atomic E-state index is 12.6. The van der Waals surface area contributed by atoms with E-state index < -0.39 is 0 Å². The summed E-state index contributed by atoms with van der Waals surface area (Å²) in [7, 11) is 1.84. The van der Waals surface area contributed by atoms with Crippen molar-refractivity contribution >= 4 is 5.91 Å². The van der Waals surface area contributed by atoms with Crippen LogP contribution in [0.15, 0.2) is 78.5 Å². The lowest BCUT2D eigenvalue weighted by Crippen LogP contribution is -2.26. The molecule has 27 heavy (non-hydrogen) atoms. The lowest BCUT2D eigenvalue weighted by atomic mass is 10.1. The normalized spacial score (nSPS) is 11.4. The third-order valence-electron chi connectivity index (χ3n) is 4.46. The number of amides is 1. The minimum Gasteiger partial charge on any atom is -0.338 e. The van der Waals surface area contributed by atoms with Crippen LogP contribution in [-0.2, 0) is 11.3 Å². The van der Waals surface area contributed by atoms with Crippen LogP contribution < -0.4 is 0 Å². The Morgan fingerprint density at radius 1 is 1.07 bits per heavy atom. The molecule has 2 aromatic carbocycles. The molecular formula is C23H25N3O. The van der Waals surface area contributed by atoms with Crippen LogP contribution in [0.3, 0.4) is 0 Å². The summed E-state index contributed by atoms with van der Waals surface area (Å²) in [6.07, 6.45) is 4.83.